The number of anilines is 1. The summed E-state index contributed by atoms with van der Waals surface area (Å²) in [6, 6.07) is 6.12. The summed E-state index contributed by atoms with van der Waals surface area (Å²) in [7, 11) is 1.98. The molecule has 5 heteroatoms. The van der Waals surface area contributed by atoms with Crippen molar-refractivity contribution in [2.45, 2.75) is 26.8 Å². The van der Waals surface area contributed by atoms with Crippen molar-refractivity contribution < 1.29 is 0 Å². The molecule has 0 atom stereocenters. The van der Waals surface area contributed by atoms with Crippen LogP contribution in [0.15, 0.2) is 24.5 Å². The van der Waals surface area contributed by atoms with Crippen molar-refractivity contribution in [3.63, 3.8) is 0 Å². The monoisotopic (exact) mass is 269 g/mol. The van der Waals surface area contributed by atoms with Gasteiger partial charge in [-0.1, -0.05) is 0 Å². The van der Waals surface area contributed by atoms with E-state index in [-0.39, 0.29) is 0 Å². The molecule has 20 heavy (non-hydrogen) atoms. The standard InChI is InChI=1S/C15H19N5/c1-12-10-13(2)18-15(14(12)11-16)19(3)7-5-9-20-8-4-6-17-20/h4,6,8,10H,5,7,9H2,1-3H3. The molecule has 0 saturated carbocycles. The lowest BCUT2D eigenvalue weighted by Gasteiger charge is -2.20. The Labute approximate surface area is 119 Å². The molecule has 2 rings (SSSR count). The minimum absolute atomic E-state index is 0.664. The number of hydrogen-bond donors (Lipinski definition) is 0. The van der Waals surface area contributed by atoms with E-state index in [9.17, 15) is 5.26 Å². The van der Waals surface area contributed by atoms with Crippen LogP contribution in [0.3, 0.4) is 0 Å². The maximum Gasteiger partial charge on any atom is 0.146 e. The minimum atomic E-state index is 0.664. The van der Waals surface area contributed by atoms with Crippen LogP contribution in [-0.2, 0) is 6.54 Å². The van der Waals surface area contributed by atoms with Crippen molar-refractivity contribution in [3.05, 3.63) is 41.3 Å². The first-order valence-corrected chi connectivity index (χ1v) is 6.68. The molecule has 5 nitrogen and oxygen atoms in total. The van der Waals surface area contributed by atoms with Crippen LogP contribution in [0.4, 0.5) is 5.82 Å². The van der Waals surface area contributed by atoms with E-state index < -0.39 is 0 Å². The zero-order valence-electron chi connectivity index (χ0n) is 12.2. The van der Waals surface area contributed by atoms with Gasteiger partial charge in [0.15, 0.2) is 0 Å². The van der Waals surface area contributed by atoms with E-state index in [1.54, 1.807) is 6.20 Å². The first kappa shape index (κ1) is 14.1. The molecule has 104 valence electrons. The maximum atomic E-state index is 9.28. The molecule has 0 fully saturated rings. The van der Waals surface area contributed by atoms with Crippen molar-refractivity contribution in [1.82, 2.24) is 14.8 Å². The zero-order chi connectivity index (χ0) is 14.5. The SMILES string of the molecule is Cc1cc(C)c(C#N)c(N(C)CCCn2cccn2)n1. The fraction of sp³-hybridized carbons (Fsp3) is 0.400. The number of aromatic nitrogens is 3. The molecule has 0 N–H and O–H groups in total. The quantitative estimate of drug-likeness (QED) is 0.835. The molecule has 0 aliphatic heterocycles. The van der Waals surface area contributed by atoms with Crippen LogP contribution in [0.25, 0.3) is 0 Å². The van der Waals surface area contributed by atoms with Crippen LogP contribution >= 0.6 is 0 Å². The number of nitriles is 1. The molecule has 0 aromatic carbocycles. The van der Waals surface area contributed by atoms with Crippen LogP contribution in [0, 0.1) is 25.2 Å². The summed E-state index contributed by atoms with van der Waals surface area (Å²) in [5, 5.41) is 13.5. The summed E-state index contributed by atoms with van der Waals surface area (Å²) in [6.45, 7) is 5.61. The highest BCUT2D eigenvalue weighted by Gasteiger charge is 2.12. The lowest BCUT2D eigenvalue weighted by molar-refractivity contribution is 0.577. The Morgan fingerprint density at radius 1 is 1.40 bits per heavy atom. The van der Waals surface area contributed by atoms with Crippen LogP contribution in [0.5, 0.6) is 0 Å². The van der Waals surface area contributed by atoms with E-state index in [4.69, 9.17) is 0 Å². The van der Waals surface area contributed by atoms with Crippen molar-refractivity contribution in [2.24, 2.45) is 0 Å². The molecule has 2 aromatic heterocycles. The van der Waals surface area contributed by atoms with Crippen LogP contribution < -0.4 is 4.90 Å². The summed E-state index contributed by atoms with van der Waals surface area (Å²) < 4.78 is 1.91. The average Bonchev–Trinajstić information content (AvgIpc) is 2.91. The molecule has 2 heterocycles. The number of pyridine rings is 1. The molecular weight excluding hydrogens is 250 g/mol. The second-order valence-corrected chi connectivity index (χ2v) is 4.94. The molecule has 0 aliphatic rings. The van der Waals surface area contributed by atoms with Crippen LogP contribution in [0.2, 0.25) is 0 Å². The van der Waals surface area contributed by atoms with Gasteiger partial charge in [0, 0.05) is 38.2 Å². The highest BCUT2D eigenvalue weighted by Crippen LogP contribution is 2.20. The molecule has 0 radical (unpaired) electrons. The lowest BCUT2D eigenvalue weighted by atomic mass is 10.1. The van der Waals surface area contributed by atoms with E-state index >= 15 is 0 Å². The number of rotatable bonds is 5. The average molecular weight is 269 g/mol. The Morgan fingerprint density at radius 3 is 2.85 bits per heavy atom. The topological polar surface area (TPSA) is 57.7 Å². The van der Waals surface area contributed by atoms with Crippen LogP contribution in [-0.4, -0.2) is 28.4 Å². The van der Waals surface area contributed by atoms with Crippen molar-refractivity contribution in [1.29, 1.82) is 5.26 Å². The summed E-state index contributed by atoms with van der Waals surface area (Å²) in [5.41, 5.74) is 2.58. The second kappa shape index (κ2) is 6.20. The van der Waals surface area contributed by atoms with Gasteiger partial charge in [0.2, 0.25) is 0 Å². The fourth-order valence-electron chi connectivity index (χ4n) is 2.24. The predicted molar refractivity (Wildman–Crippen MR) is 78.5 cm³/mol. The molecule has 2 aromatic rings. The Morgan fingerprint density at radius 2 is 2.20 bits per heavy atom. The predicted octanol–water partition coefficient (Wildman–Crippen LogP) is 2.29. The van der Waals surface area contributed by atoms with E-state index in [1.165, 1.54) is 0 Å². The molecule has 0 unspecified atom stereocenters. The Balaban J connectivity index is 2.05. The van der Waals surface area contributed by atoms with Gasteiger partial charge in [0.25, 0.3) is 0 Å². The molecule has 0 amide bonds. The largest absolute Gasteiger partial charge is 0.359 e. The van der Waals surface area contributed by atoms with Gasteiger partial charge in [-0.2, -0.15) is 10.4 Å². The number of hydrogen-bond acceptors (Lipinski definition) is 4. The highest BCUT2D eigenvalue weighted by atomic mass is 15.3. The Bertz CT molecular complexity index is 610. The van der Waals surface area contributed by atoms with Gasteiger partial charge in [-0.05, 0) is 38.0 Å². The van der Waals surface area contributed by atoms with E-state index in [1.807, 2.05) is 48.8 Å². The van der Waals surface area contributed by atoms with Crippen molar-refractivity contribution >= 4 is 5.82 Å². The smallest absolute Gasteiger partial charge is 0.146 e. The van der Waals surface area contributed by atoms with Gasteiger partial charge in [-0.3, -0.25) is 4.68 Å². The molecule has 0 saturated heterocycles. The van der Waals surface area contributed by atoms with Crippen LogP contribution in [0.1, 0.15) is 23.2 Å². The maximum absolute atomic E-state index is 9.28. The molecule has 0 aliphatic carbocycles. The highest BCUT2D eigenvalue weighted by molar-refractivity contribution is 5.57. The van der Waals surface area contributed by atoms with Gasteiger partial charge in [-0.25, -0.2) is 4.98 Å². The molecular formula is C15H19N5. The summed E-state index contributed by atoms with van der Waals surface area (Å²) >= 11 is 0. The number of nitrogens with zero attached hydrogens (tertiary/aromatic N) is 5. The van der Waals surface area contributed by atoms with Gasteiger partial charge < -0.3 is 4.90 Å². The van der Waals surface area contributed by atoms with E-state index in [0.29, 0.717) is 5.56 Å². The molecule has 0 spiro atoms. The van der Waals surface area contributed by atoms with Crippen molar-refractivity contribution in [3.8, 4) is 6.07 Å². The normalized spacial score (nSPS) is 10.3. The first-order chi connectivity index (χ1) is 9.61. The number of aryl methyl sites for hydroxylation is 3. The van der Waals surface area contributed by atoms with Gasteiger partial charge >= 0.3 is 0 Å². The lowest BCUT2D eigenvalue weighted by Crippen LogP contribution is -2.22. The molecule has 0 bridgehead atoms. The summed E-state index contributed by atoms with van der Waals surface area (Å²) in [5.74, 6) is 0.769. The third kappa shape index (κ3) is 3.15. The third-order valence-corrected chi connectivity index (χ3v) is 3.24. The summed E-state index contributed by atoms with van der Waals surface area (Å²) in [6.07, 6.45) is 4.69. The summed E-state index contributed by atoms with van der Waals surface area (Å²) in [4.78, 5) is 6.55. The zero-order valence-corrected chi connectivity index (χ0v) is 12.2. The van der Waals surface area contributed by atoms with Gasteiger partial charge in [0.1, 0.15) is 11.9 Å². The Hall–Kier alpha value is -2.35. The third-order valence-electron chi connectivity index (χ3n) is 3.24. The first-order valence-electron chi connectivity index (χ1n) is 6.68. The van der Waals surface area contributed by atoms with Gasteiger partial charge in [-0.15, -0.1) is 0 Å². The second-order valence-electron chi connectivity index (χ2n) is 4.94. The van der Waals surface area contributed by atoms with Crippen molar-refractivity contribution in [2.75, 3.05) is 18.5 Å². The van der Waals surface area contributed by atoms with E-state index in [0.717, 1.165) is 36.6 Å². The van der Waals surface area contributed by atoms with Gasteiger partial charge in [0.05, 0.1) is 5.56 Å². The van der Waals surface area contributed by atoms with E-state index in [2.05, 4.69) is 16.2 Å². The fourth-order valence-corrected chi connectivity index (χ4v) is 2.24. The Kier molecular flexibility index (Phi) is 4.36. The minimum Gasteiger partial charge on any atom is -0.359 e.